The minimum atomic E-state index is -0.393. The highest BCUT2D eigenvalue weighted by Gasteiger charge is 2.15. The summed E-state index contributed by atoms with van der Waals surface area (Å²) in [6.07, 6.45) is 0.901. The normalized spacial score (nSPS) is 10.3. The smallest absolute Gasteiger partial charge is 0.276 e. The lowest BCUT2D eigenvalue weighted by molar-refractivity contribution is -0.386. The summed E-state index contributed by atoms with van der Waals surface area (Å²) in [7, 11) is 0. The quantitative estimate of drug-likeness (QED) is 0.470. The molecule has 0 saturated heterocycles. The molecule has 0 N–H and O–H groups in total. The summed E-state index contributed by atoms with van der Waals surface area (Å²) in [5, 5.41) is 10.7. The van der Waals surface area contributed by atoms with Gasteiger partial charge in [-0.1, -0.05) is 28.9 Å². The number of ether oxygens (including phenoxy) is 1. The molecule has 0 atom stereocenters. The van der Waals surface area contributed by atoms with Gasteiger partial charge in [0, 0.05) is 17.1 Å². The molecule has 5 heteroatoms. The topological polar surface area (TPSA) is 52.4 Å². The number of hydrogen-bond donors (Lipinski definition) is 0. The summed E-state index contributed by atoms with van der Waals surface area (Å²) in [6.45, 7) is 2.87. The summed E-state index contributed by atoms with van der Waals surface area (Å²) in [5.41, 5.74) is 0.691. The standard InChI is InChI=1S/C10H12BrNO3/c1-2-6-15-7-8-9(11)4-3-5-10(8)12(13)14/h3-5H,2,6-7H2,1H3. The molecule has 0 radical (unpaired) electrons. The predicted molar refractivity (Wildman–Crippen MR) is 60.7 cm³/mol. The number of nitro groups is 1. The molecule has 0 saturated carbocycles. The van der Waals surface area contributed by atoms with E-state index in [9.17, 15) is 10.1 Å². The first-order valence-corrected chi connectivity index (χ1v) is 5.45. The van der Waals surface area contributed by atoms with Gasteiger partial charge in [0.1, 0.15) is 0 Å². The fourth-order valence-electron chi connectivity index (χ4n) is 1.18. The Kier molecular flexibility index (Phi) is 4.71. The first kappa shape index (κ1) is 12.1. The van der Waals surface area contributed by atoms with Crippen LogP contribution in [0.2, 0.25) is 0 Å². The fraction of sp³-hybridized carbons (Fsp3) is 0.400. The summed E-state index contributed by atoms with van der Waals surface area (Å²) < 4.78 is 6.02. The molecule has 0 unspecified atom stereocenters. The third-order valence-electron chi connectivity index (χ3n) is 1.89. The van der Waals surface area contributed by atoms with E-state index in [0.717, 1.165) is 6.42 Å². The third-order valence-corrected chi connectivity index (χ3v) is 2.63. The fourth-order valence-corrected chi connectivity index (χ4v) is 1.65. The molecule has 0 spiro atoms. The number of nitro benzene ring substituents is 1. The lowest BCUT2D eigenvalue weighted by Gasteiger charge is -2.05. The van der Waals surface area contributed by atoms with Crippen LogP contribution in [-0.2, 0) is 11.3 Å². The van der Waals surface area contributed by atoms with Gasteiger partial charge in [0.05, 0.1) is 17.1 Å². The first-order valence-electron chi connectivity index (χ1n) is 4.66. The number of nitrogens with zero attached hydrogens (tertiary/aromatic N) is 1. The van der Waals surface area contributed by atoms with E-state index in [1.165, 1.54) is 6.07 Å². The average Bonchev–Trinajstić information content (AvgIpc) is 2.20. The van der Waals surface area contributed by atoms with Crippen LogP contribution < -0.4 is 0 Å². The summed E-state index contributed by atoms with van der Waals surface area (Å²) in [5.74, 6) is 0. The maximum atomic E-state index is 10.7. The number of hydrogen-bond acceptors (Lipinski definition) is 3. The lowest BCUT2D eigenvalue weighted by Crippen LogP contribution is -2.00. The Morgan fingerprint density at radius 1 is 1.53 bits per heavy atom. The zero-order valence-corrected chi connectivity index (χ0v) is 9.99. The van der Waals surface area contributed by atoms with Crippen LogP contribution in [0.25, 0.3) is 0 Å². The molecular weight excluding hydrogens is 262 g/mol. The molecule has 0 amide bonds. The van der Waals surface area contributed by atoms with Crippen molar-refractivity contribution >= 4 is 21.6 Å². The van der Waals surface area contributed by atoms with E-state index in [4.69, 9.17) is 4.74 Å². The highest BCUT2D eigenvalue weighted by Crippen LogP contribution is 2.27. The van der Waals surface area contributed by atoms with Crippen molar-refractivity contribution < 1.29 is 9.66 Å². The Morgan fingerprint density at radius 2 is 2.27 bits per heavy atom. The summed E-state index contributed by atoms with van der Waals surface area (Å²) in [6, 6.07) is 4.90. The highest BCUT2D eigenvalue weighted by atomic mass is 79.9. The summed E-state index contributed by atoms with van der Waals surface area (Å²) in [4.78, 5) is 10.3. The van der Waals surface area contributed by atoms with Crippen molar-refractivity contribution in [2.24, 2.45) is 0 Å². The van der Waals surface area contributed by atoms with Crippen LogP contribution in [0, 0.1) is 10.1 Å². The minimum absolute atomic E-state index is 0.0977. The van der Waals surface area contributed by atoms with E-state index in [2.05, 4.69) is 15.9 Å². The molecule has 15 heavy (non-hydrogen) atoms. The van der Waals surface area contributed by atoms with Crippen LogP contribution in [0.3, 0.4) is 0 Å². The summed E-state index contributed by atoms with van der Waals surface area (Å²) >= 11 is 3.28. The molecule has 0 bridgehead atoms. The Balaban J connectivity index is 2.87. The van der Waals surface area contributed by atoms with E-state index in [1.807, 2.05) is 6.92 Å². The molecule has 82 valence electrons. The van der Waals surface area contributed by atoms with Gasteiger partial charge in [-0.15, -0.1) is 0 Å². The van der Waals surface area contributed by atoms with Gasteiger partial charge in [-0.2, -0.15) is 0 Å². The third kappa shape index (κ3) is 3.28. The molecule has 0 aromatic heterocycles. The van der Waals surface area contributed by atoms with Crippen LogP contribution >= 0.6 is 15.9 Å². The van der Waals surface area contributed by atoms with Crippen LogP contribution in [0.4, 0.5) is 5.69 Å². The molecule has 0 aliphatic heterocycles. The second-order valence-electron chi connectivity index (χ2n) is 3.05. The van der Waals surface area contributed by atoms with Gasteiger partial charge in [-0.25, -0.2) is 0 Å². The van der Waals surface area contributed by atoms with Crippen molar-refractivity contribution in [3.8, 4) is 0 Å². The van der Waals surface area contributed by atoms with Crippen molar-refractivity contribution in [2.75, 3.05) is 6.61 Å². The molecular formula is C10H12BrNO3. The first-order chi connectivity index (χ1) is 7.16. The van der Waals surface area contributed by atoms with E-state index in [1.54, 1.807) is 12.1 Å². The van der Waals surface area contributed by atoms with Gasteiger partial charge in [-0.3, -0.25) is 10.1 Å². The van der Waals surface area contributed by atoms with Crippen LogP contribution in [0.5, 0.6) is 0 Å². The highest BCUT2D eigenvalue weighted by molar-refractivity contribution is 9.10. The van der Waals surface area contributed by atoms with Gasteiger partial charge in [-0.05, 0) is 12.5 Å². The van der Waals surface area contributed by atoms with Gasteiger partial charge in [0.25, 0.3) is 5.69 Å². The molecule has 0 aliphatic rings. The minimum Gasteiger partial charge on any atom is -0.376 e. The molecule has 4 nitrogen and oxygen atoms in total. The maximum absolute atomic E-state index is 10.7. The molecule has 0 aliphatic carbocycles. The maximum Gasteiger partial charge on any atom is 0.276 e. The largest absolute Gasteiger partial charge is 0.376 e. The molecule has 0 heterocycles. The van der Waals surface area contributed by atoms with Gasteiger partial charge in [0.2, 0.25) is 0 Å². The second kappa shape index (κ2) is 5.82. The second-order valence-corrected chi connectivity index (χ2v) is 3.90. The molecule has 1 rings (SSSR count). The Morgan fingerprint density at radius 3 is 2.87 bits per heavy atom. The Bertz CT molecular complexity index is 355. The number of halogens is 1. The number of benzene rings is 1. The lowest BCUT2D eigenvalue weighted by atomic mass is 10.2. The molecule has 0 fully saturated rings. The van der Waals surface area contributed by atoms with Crippen LogP contribution in [0.1, 0.15) is 18.9 Å². The Hall–Kier alpha value is -0.940. The SMILES string of the molecule is CCCOCc1c(Br)cccc1[N+](=O)[O-]. The van der Waals surface area contributed by atoms with E-state index >= 15 is 0 Å². The zero-order chi connectivity index (χ0) is 11.3. The van der Waals surface area contributed by atoms with E-state index in [-0.39, 0.29) is 12.3 Å². The van der Waals surface area contributed by atoms with Gasteiger partial charge >= 0.3 is 0 Å². The van der Waals surface area contributed by atoms with E-state index < -0.39 is 4.92 Å². The van der Waals surface area contributed by atoms with Crippen molar-refractivity contribution in [2.45, 2.75) is 20.0 Å². The van der Waals surface area contributed by atoms with Crippen molar-refractivity contribution in [1.82, 2.24) is 0 Å². The predicted octanol–water partition coefficient (Wildman–Crippen LogP) is 3.28. The van der Waals surface area contributed by atoms with Crippen LogP contribution in [-0.4, -0.2) is 11.5 Å². The van der Waals surface area contributed by atoms with E-state index in [0.29, 0.717) is 16.6 Å². The number of rotatable bonds is 5. The molecule has 1 aromatic carbocycles. The molecule has 1 aromatic rings. The Labute approximate surface area is 96.5 Å². The zero-order valence-electron chi connectivity index (χ0n) is 8.40. The van der Waals surface area contributed by atoms with Crippen molar-refractivity contribution in [3.05, 3.63) is 38.3 Å². The monoisotopic (exact) mass is 273 g/mol. The van der Waals surface area contributed by atoms with Gasteiger partial charge < -0.3 is 4.74 Å². The van der Waals surface area contributed by atoms with Crippen LogP contribution in [0.15, 0.2) is 22.7 Å². The van der Waals surface area contributed by atoms with Crippen molar-refractivity contribution in [1.29, 1.82) is 0 Å². The van der Waals surface area contributed by atoms with Gasteiger partial charge in [0.15, 0.2) is 0 Å². The van der Waals surface area contributed by atoms with Crippen molar-refractivity contribution in [3.63, 3.8) is 0 Å². The average molecular weight is 274 g/mol.